The molecule has 9 nitrogen and oxygen atoms in total. The van der Waals surface area contributed by atoms with Gasteiger partial charge in [-0.25, -0.2) is 0 Å². The van der Waals surface area contributed by atoms with E-state index in [2.05, 4.69) is 10.4 Å². The number of carbonyl (C=O) groups excluding carboxylic acids is 1. The van der Waals surface area contributed by atoms with Crippen LogP contribution in [0.3, 0.4) is 0 Å². The summed E-state index contributed by atoms with van der Waals surface area (Å²) < 4.78 is 12.6. The normalized spacial score (nSPS) is 10.7. The van der Waals surface area contributed by atoms with E-state index in [1.54, 1.807) is 12.3 Å². The quantitative estimate of drug-likeness (QED) is 0.405. The molecule has 3 aromatic rings. The number of nitrogens with one attached hydrogen (secondary N) is 1. The zero-order valence-electron chi connectivity index (χ0n) is 17.0. The van der Waals surface area contributed by atoms with Gasteiger partial charge in [-0.05, 0) is 44.0 Å². The molecule has 0 saturated carbocycles. The summed E-state index contributed by atoms with van der Waals surface area (Å²) in [5.41, 5.74) is 1.53. The maximum atomic E-state index is 12.3. The molecule has 1 N–H and O–H groups in total. The molecule has 1 heterocycles. The standard InChI is InChI=1S/C21H24N4O5/c1-3-29-19-8-5-15(11-20(19)30-4-2)9-10-22-21(26)14-24-18-12-17(25(27)28)7-6-16(18)13-23-24/h5-8,11-13H,3-4,9-10,14H2,1-2H3,(H,22,26). The second-order valence-corrected chi connectivity index (χ2v) is 6.55. The van der Waals surface area contributed by atoms with E-state index >= 15 is 0 Å². The molecule has 1 amide bonds. The molecule has 9 heteroatoms. The van der Waals surface area contributed by atoms with Crippen LogP contribution in [0.25, 0.3) is 10.9 Å². The number of carbonyl (C=O) groups is 1. The van der Waals surface area contributed by atoms with Gasteiger partial charge in [0.2, 0.25) is 5.91 Å². The van der Waals surface area contributed by atoms with Crippen molar-refractivity contribution in [2.75, 3.05) is 19.8 Å². The van der Waals surface area contributed by atoms with Crippen LogP contribution in [0.4, 0.5) is 5.69 Å². The SMILES string of the molecule is CCOc1ccc(CCNC(=O)Cn2ncc3ccc([N+](=O)[O-])cc32)cc1OCC. The molecule has 0 fully saturated rings. The molecule has 158 valence electrons. The molecule has 0 aliphatic heterocycles. The Hall–Kier alpha value is -3.62. The second-order valence-electron chi connectivity index (χ2n) is 6.55. The largest absolute Gasteiger partial charge is 0.490 e. The zero-order chi connectivity index (χ0) is 21.5. The molecule has 0 aliphatic carbocycles. The average Bonchev–Trinajstić information content (AvgIpc) is 3.12. The van der Waals surface area contributed by atoms with Gasteiger partial charge in [-0.1, -0.05) is 6.07 Å². The van der Waals surface area contributed by atoms with E-state index in [4.69, 9.17) is 9.47 Å². The zero-order valence-corrected chi connectivity index (χ0v) is 17.0. The number of nitro benzene ring substituents is 1. The Morgan fingerprint density at radius 2 is 1.90 bits per heavy atom. The summed E-state index contributed by atoms with van der Waals surface area (Å²) in [5.74, 6) is 1.17. The maximum absolute atomic E-state index is 12.3. The number of nitrogens with zero attached hydrogens (tertiary/aromatic N) is 3. The van der Waals surface area contributed by atoms with Gasteiger partial charge in [0.05, 0.1) is 29.9 Å². The molecule has 2 aromatic carbocycles. The van der Waals surface area contributed by atoms with Gasteiger partial charge in [0, 0.05) is 24.1 Å². The first-order valence-electron chi connectivity index (χ1n) is 9.77. The number of non-ortho nitro benzene ring substituents is 1. The van der Waals surface area contributed by atoms with Crippen molar-refractivity contribution in [1.82, 2.24) is 15.1 Å². The smallest absolute Gasteiger partial charge is 0.271 e. The molecule has 0 aliphatic rings. The summed E-state index contributed by atoms with van der Waals surface area (Å²) in [6, 6.07) is 10.2. The molecule has 0 unspecified atom stereocenters. The van der Waals surface area contributed by atoms with Gasteiger partial charge in [-0.2, -0.15) is 5.10 Å². The molecule has 0 radical (unpaired) electrons. The average molecular weight is 412 g/mol. The minimum absolute atomic E-state index is 0.0157. The fourth-order valence-electron chi connectivity index (χ4n) is 3.09. The van der Waals surface area contributed by atoms with E-state index in [-0.39, 0.29) is 18.1 Å². The predicted molar refractivity (Wildman–Crippen MR) is 112 cm³/mol. The fourth-order valence-corrected chi connectivity index (χ4v) is 3.09. The highest BCUT2D eigenvalue weighted by Gasteiger charge is 2.12. The summed E-state index contributed by atoms with van der Waals surface area (Å²) in [7, 11) is 0. The molecular weight excluding hydrogens is 388 g/mol. The summed E-state index contributed by atoms with van der Waals surface area (Å²) in [6.45, 7) is 5.35. The first kappa shape index (κ1) is 21.1. The second kappa shape index (κ2) is 9.73. The van der Waals surface area contributed by atoms with Gasteiger partial charge >= 0.3 is 0 Å². The minimum Gasteiger partial charge on any atom is -0.490 e. The Bertz CT molecular complexity index is 1050. The van der Waals surface area contributed by atoms with Gasteiger partial charge in [0.15, 0.2) is 11.5 Å². The number of aromatic nitrogens is 2. The maximum Gasteiger partial charge on any atom is 0.271 e. The Kier molecular flexibility index (Phi) is 6.84. The van der Waals surface area contributed by atoms with Gasteiger partial charge in [-0.15, -0.1) is 0 Å². The topological polar surface area (TPSA) is 109 Å². The lowest BCUT2D eigenvalue weighted by molar-refractivity contribution is -0.384. The highest BCUT2D eigenvalue weighted by Crippen LogP contribution is 2.28. The molecule has 0 bridgehead atoms. The third-order valence-corrected chi connectivity index (χ3v) is 4.48. The molecule has 3 rings (SSSR count). The minimum atomic E-state index is -0.468. The lowest BCUT2D eigenvalue weighted by atomic mass is 10.1. The van der Waals surface area contributed by atoms with E-state index < -0.39 is 4.92 Å². The number of rotatable bonds is 10. The summed E-state index contributed by atoms with van der Waals surface area (Å²) >= 11 is 0. The van der Waals surface area contributed by atoms with Crippen LogP contribution in [0.2, 0.25) is 0 Å². The number of hydrogen-bond donors (Lipinski definition) is 1. The van der Waals surface area contributed by atoms with Crippen molar-refractivity contribution < 1.29 is 19.2 Å². The van der Waals surface area contributed by atoms with Crippen molar-refractivity contribution in [3.8, 4) is 11.5 Å². The number of nitro groups is 1. The summed E-state index contributed by atoms with van der Waals surface area (Å²) in [5, 5.41) is 18.7. The van der Waals surface area contributed by atoms with Crippen molar-refractivity contribution >= 4 is 22.5 Å². The first-order valence-corrected chi connectivity index (χ1v) is 9.77. The Balaban J connectivity index is 1.59. The number of ether oxygens (including phenoxy) is 2. The predicted octanol–water partition coefficient (Wildman–Crippen LogP) is 3.10. The molecular formula is C21H24N4O5. The summed E-state index contributed by atoms with van der Waals surface area (Å²) in [4.78, 5) is 22.8. The van der Waals surface area contributed by atoms with Crippen LogP contribution in [0, 0.1) is 10.1 Å². The van der Waals surface area contributed by atoms with Gasteiger partial charge in [-0.3, -0.25) is 19.6 Å². The van der Waals surface area contributed by atoms with Crippen LogP contribution < -0.4 is 14.8 Å². The number of fused-ring (bicyclic) bond motifs is 1. The molecule has 0 spiro atoms. The van der Waals surface area contributed by atoms with Crippen molar-refractivity contribution in [2.45, 2.75) is 26.8 Å². The number of amides is 1. The van der Waals surface area contributed by atoms with Crippen LogP contribution in [-0.2, 0) is 17.8 Å². The Morgan fingerprint density at radius 3 is 2.63 bits per heavy atom. The van der Waals surface area contributed by atoms with E-state index in [1.807, 2.05) is 32.0 Å². The van der Waals surface area contributed by atoms with Crippen molar-refractivity contribution in [3.05, 3.63) is 58.3 Å². The molecule has 30 heavy (non-hydrogen) atoms. The molecule has 1 aromatic heterocycles. The van der Waals surface area contributed by atoms with Crippen LogP contribution in [0.1, 0.15) is 19.4 Å². The number of benzene rings is 2. The third kappa shape index (κ3) is 5.05. The van der Waals surface area contributed by atoms with E-state index in [0.717, 1.165) is 10.9 Å². The monoisotopic (exact) mass is 412 g/mol. The molecule has 0 atom stereocenters. The van der Waals surface area contributed by atoms with Crippen LogP contribution in [-0.4, -0.2) is 40.4 Å². The highest BCUT2D eigenvalue weighted by molar-refractivity contribution is 5.83. The van der Waals surface area contributed by atoms with Crippen molar-refractivity contribution in [2.24, 2.45) is 0 Å². The first-order chi connectivity index (χ1) is 14.5. The van der Waals surface area contributed by atoms with Crippen LogP contribution in [0.15, 0.2) is 42.6 Å². The van der Waals surface area contributed by atoms with E-state index in [9.17, 15) is 14.9 Å². The Labute approximate surface area is 173 Å². The fraction of sp³-hybridized carbons (Fsp3) is 0.333. The van der Waals surface area contributed by atoms with Crippen molar-refractivity contribution in [3.63, 3.8) is 0 Å². The van der Waals surface area contributed by atoms with Gasteiger partial charge in [0.25, 0.3) is 5.69 Å². The lowest BCUT2D eigenvalue weighted by Crippen LogP contribution is -2.29. The van der Waals surface area contributed by atoms with Gasteiger partial charge < -0.3 is 14.8 Å². The van der Waals surface area contributed by atoms with E-state index in [0.29, 0.717) is 43.2 Å². The van der Waals surface area contributed by atoms with Crippen LogP contribution in [0.5, 0.6) is 11.5 Å². The molecule has 0 saturated heterocycles. The third-order valence-electron chi connectivity index (χ3n) is 4.48. The summed E-state index contributed by atoms with van der Waals surface area (Å²) in [6.07, 6.45) is 2.21. The lowest BCUT2D eigenvalue weighted by Gasteiger charge is -2.12. The Morgan fingerprint density at radius 1 is 1.13 bits per heavy atom. The number of hydrogen-bond acceptors (Lipinski definition) is 6. The highest BCUT2D eigenvalue weighted by atomic mass is 16.6. The van der Waals surface area contributed by atoms with Gasteiger partial charge in [0.1, 0.15) is 6.54 Å². The van der Waals surface area contributed by atoms with E-state index in [1.165, 1.54) is 16.8 Å². The van der Waals surface area contributed by atoms with Crippen LogP contribution >= 0.6 is 0 Å². The van der Waals surface area contributed by atoms with Crippen molar-refractivity contribution in [1.29, 1.82) is 0 Å².